The SMILES string of the molecule is C=CC(=O)OCC(C)(C)COC(=O)C=C.O=C(O)C(S)(S)SO. The fraction of sp³-hybridized carbons (Fsp3) is 0.462. The van der Waals surface area contributed by atoms with Gasteiger partial charge in [-0.3, -0.25) is 0 Å². The van der Waals surface area contributed by atoms with E-state index in [4.69, 9.17) is 19.1 Å². The first-order valence-corrected chi connectivity index (χ1v) is 7.67. The van der Waals surface area contributed by atoms with Gasteiger partial charge in [0.15, 0.2) is 0 Å². The van der Waals surface area contributed by atoms with E-state index in [1.807, 2.05) is 13.8 Å². The van der Waals surface area contributed by atoms with Gasteiger partial charge in [-0.1, -0.05) is 27.0 Å². The topological polar surface area (TPSA) is 110 Å². The van der Waals surface area contributed by atoms with Crippen molar-refractivity contribution in [2.24, 2.45) is 5.41 Å². The molecule has 0 heterocycles. The maximum absolute atomic E-state index is 10.8. The number of ether oxygens (including phenoxy) is 2. The highest BCUT2D eigenvalue weighted by Gasteiger charge is 2.30. The third kappa shape index (κ3) is 13.1. The van der Waals surface area contributed by atoms with Crippen LogP contribution in [-0.2, 0) is 23.9 Å². The van der Waals surface area contributed by atoms with Crippen LogP contribution in [0.4, 0.5) is 0 Å². The smallest absolute Gasteiger partial charge is 0.342 e. The van der Waals surface area contributed by atoms with Crippen LogP contribution in [0, 0.1) is 5.41 Å². The van der Waals surface area contributed by atoms with E-state index >= 15 is 0 Å². The molecule has 0 fully saturated rings. The largest absolute Gasteiger partial charge is 0.479 e. The maximum Gasteiger partial charge on any atom is 0.342 e. The average molecular weight is 384 g/mol. The fourth-order valence-electron chi connectivity index (χ4n) is 0.732. The second kappa shape index (κ2) is 11.4. The predicted octanol–water partition coefficient (Wildman–Crippen LogP) is 2.26. The summed E-state index contributed by atoms with van der Waals surface area (Å²) >= 11 is 6.98. The van der Waals surface area contributed by atoms with Gasteiger partial charge in [-0.15, -0.1) is 25.3 Å². The predicted molar refractivity (Wildman–Crippen MR) is 94.7 cm³/mol. The lowest BCUT2D eigenvalue weighted by Gasteiger charge is -2.22. The lowest BCUT2D eigenvalue weighted by molar-refractivity contribution is -0.146. The lowest BCUT2D eigenvalue weighted by Crippen LogP contribution is -2.27. The molecule has 10 heteroatoms. The Bertz CT molecular complexity index is 421. The van der Waals surface area contributed by atoms with Crippen molar-refractivity contribution >= 4 is 55.2 Å². The monoisotopic (exact) mass is 384 g/mol. The summed E-state index contributed by atoms with van der Waals surface area (Å²) in [6.45, 7) is 10.5. The van der Waals surface area contributed by atoms with Gasteiger partial charge in [0.25, 0.3) is 0 Å². The van der Waals surface area contributed by atoms with Crippen LogP contribution < -0.4 is 0 Å². The van der Waals surface area contributed by atoms with E-state index in [0.29, 0.717) is 0 Å². The van der Waals surface area contributed by atoms with Crippen LogP contribution in [0.3, 0.4) is 0 Å². The quantitative estimate of drug-likeness (QED) is 0.166. The number of carbonyl (C=O) groups is 3. The summed E-state index contributed by atoms with van der Waals surface area (Å²) in [5.41, 5.74) is -0.419. The highest BCUT2D eigenvalue weighted by Crippen LogP contribution is 2.30. The molecule has 0 aromatic rings. The van der Waals surface area contributed by atoms with E-state index in [2.05, 4.69) is 38.4 Å². The number of hydrogen-bond acceptors (Lipinski definition) is 9. The first-order chi connectivity index (χ1) is 10.4. The Morgan fingerprint density at radius 3 is 1.61 bits per heavy atom. The van der Waals surface area contributed by atoms with Gasteiger partial charge < -0.3 is 19.1 Å². The highest BCUT2D eigenvalue weighted by molar-refractivity contribution is 8.23. The Kier molecular flexibility index (Phi) is 12.0. The van der Waals surface area contributed by atoms with Gasteiger partial charge in [-0.05, 0) is 0 Å². The van der Waals surface area contributed by atoms with E-state index in [0.717, 1.165) is 12.2 Å². The second-order valence-corrected chi connectivity index (χ2v) is 7.89. The van der Waals surface area contributed by atoms with E-state index < -0.39 is 26.7 Å². The van der Waals surface area contributed by atoms with Crippen molar-refractivity contribution < 1.29 is 33.5 Å². The van der Waals surface area contributed by atoms with Crippen LogP contribution in [0.1, 0.15) is 13.8 Å². The molecule has 0 rings (SSSR count). The summed E-state index contributed by atoms with van der Waals surface area (Å²) < 4.78 is 16.2. The van der Waals surface area contributed by atoms with Crippen LogP contribution in [0.5, 0.6) is 0 Å². The van der Waals surface area contributed by atoms with Crippen LogP contribution in [0.2, 0.25) is 0 Å². The van der Waals surface area contributed by atoms with Crippen molar-refractivity contribution in [1.82, 2.24) is 0 Å². The Hall–Kier alpha value is -1.10. The first kappa shape index (κ1) is 24.2. The summed E-state index contributed by atoms with van der Waals surface area (Å²) in [7, 11) is 0. The van der Waals surface area contributed by atoms with Gasteiger partial charge in [0, 0.05) is 29.6 Å². The molecule has 0 amide bonds. The van der Waals surface area contributed by atoms with E-state index in [1.165, 1.54) is 0 Å². The van der Waals surface area contributed by atoms with Crippen molar-refractivity contribution in [2.45, 2.75) is 17.3 Å². The van der Waals surface area contributed by atoms with Crippen LogP contribution in [-0.4, -0.2) is 44.2 Å². The molecule has 2 N–H and O–H groups in total. The number of carboxylic acids is 1. The minimum absolute atomic E-state index is 0.0640. The molecule has 0 aromatic heterocycles. The molecule has 0 bridgehead atoms. The molecule has 0 spiro atoms. The van der Waals surface area contributed by atoms with E-state index in [-0.39, 0.29) is 25.3 Å². The molecule has 132 valence electrons. The van der Waals surface area contributed by atoms with Gasteiger partial charge in [0.1, 0.15) is 0 Å². The standard InChI is InChI=1S/C11H16O4.C2H4O3S3/c1-5-9(12)14-7-11(3,4)8-15-10(13)6-2;3-1(4)2(6,7)8-5/h5-6H,1-2,7-8H2,3-4H3;5-7H,(H,3,4). The molecule has 0 radical (unpaired) electrons. The van der Waals surface area contributed by atoms with Crippen molar-refractivity contribution in [3.8, 4) is 0 Å². The molecule has 7 nitrogen and oxygen atoms in total. The van der Waals surface area contributed by atoms with E-state index in [1.54, 1.807) is 0 Å². The third-order valence-corrected chi connectivity index (χ3v) is 3.25. The maximum atomic E-state index is 10.8. The number of esters is 2. The highest BCUT2D eigenvalue weighted by atomic mass is 32.2. The molecule has 0 atom stereocenters. The molecule has 23 heavy (non-hydrogen) atoms. The average Bonchev–Trinajstić information content (AvgIpc) is 2.50. The van der Waals surface area contributed by atoms with E-state index in [9.17, 15) is 14.4 Å². The molecular weight excluding hydrogens is 364 g/mol. The first-order valence-electron chi connectivity index (χ1n) is 6.01. The second-order valence-electron chi connectivity index (χ2n) is 4.79. The zero-order valence-electron chi connectivity index (χ0n) is 12.7. The molecule has 0 aliphatic heterocycles. The summed E-state index contributed by atoms with van der Waals surface area (Å²) in [5, 5.41) is 8.11. The Balaban J connectivity index is 0. The van der Waals surface area contributed by atoms with Gasteiger partial charge in [0.05, 0.1) is 13.2 Å². The van der Waals surface area contributed by atoms with Crippen molar-refractivity contribution in [3.05, 3.63) is 25.3 Å². The van der Waals surface area contributed by atoms with Gasteiger partial charge >= 0.3 is 17.9 Å². The third-order valence-electron chi connectivity index (χ3n) is 1.95. The van der Waals surface area contributed by atoms with Crippen molar-refractivity contribution in [1.29, 1.82) is 0 Å². The summed E-state index contributed by atoms with van der Waals surface area (Å²) in [6.07, 6.45) is 2.18. The summed E-state index contributed by atoms with van der Waals surface area (Å²) in [4.78, 5) is 31.5. The number of carboxylic acid groups (broad SMARTS) is 1. The summed E-state index contributed by atoms with van der Waals surface area (Å²) in [5.74, 6) is -2.26. The number of carbonyl (C=O) groups excluding carboxylic acids is 2. The van der Waals surface area contributed by atoms with Crippen molar-refractivity contribution in [3.63, 3.8) is 0 Å². The molecule has 0 aliphatic rings. The molecule has 0 aromatic carbocycles. The Morgan fingerprint density at radius 1 is 1.09 bits per heavy atom. The minimum Gasteiger partial charge on any atom is -0.479 e. The molecular formula is C13H20O7S3. The zero-order chi connectivity index (χ0) is 18.7. The zero-order valence-corrected chi connectivity index (χ0v) is 15.3. The molecule has 0 unspecified atom stereocenters. The van der Waals surface area contributed by atoms with Crippen LogP contribution >= 0.6 is 37.3 Å². The number of aliphatic carboxylic acids is 1. The van der Waals surface area contributed by atoms with Gasteiger partial charge in [-0.2, -0.15) is 0 Å². The number of thiol groups is 2. The van der Waals surface area contributed by atoms with Gasteiger partial charge in [-0.25, -0.2) is 14.4 Å². The van der Waals surface area contributed by atoms with Crippen LogP contribution in [0.25, 0.3) is 0 Å². The minimum atomic E-state index is -1.68. The Morgan fingerprint density at radius 2 is 1.43 bits per heavy atom. The molecule has 0 saturated carbocycles. The summed E-state index contributed by atoms with van der Waals surface area (Å²) in [6, 6.07) is 0. The van der Waals surface area contributed by atoms with Gasteiger partial charge in [0.2, 0.25) is 3.41 Å². The normalized spacial score (nSPS) is 10.7. The van der Waals surface area contributed by atoms with Crippen molar-refractivity contribution in [2.75, 3.05) is 13.2 Å². The Labute approximate surface area is 150 Å². The van der Waals surface area contributed by atoms with Crippen LogP contribution in [0.15, 0.2) is 25.3 Å². The molecule has 0 aliphatic carbocycles. The lowest BCUT2D eigenvalue weighted by atomic mass is 9.96. The molecule has 0 saturated heterocycles. The fourth-order valence-corrected chi connectivity index (χ4v) is 0.810. The number of rotatable bonds is 8. The number of hydrogen-bond donors (Lipinski definition) is 4.